The molecule has 0 bridgehead atoms. The molecule has 1 nitrogen and oxygen atoms in total. The van der Waals surface area contributed by atoms with Gasteiger partial charge >= 0.3 is 0 Å². The molecule has 0 aliphatic carbocycles. The summed E-state index contributed by atoms with van der Waals surface area (Å²) in [5, 5.41) is 3.03. The van der Waals surface area contributed by atoms with E-state index in [1.165, 1.54) is 12.1 Å². The van der Waals surface area contributed by atoms with Crippen molar-refractivity contribution in [3.8, 4) is 0 Å². The summed E-state index contributed by atoms with van der Waals surface area (Å²) in [4.78, 5) is 0. The maximum absolute atomic E-state index is 14.1. The molecule has 1 unspecified atom stereocenters. The van der Waals surface area contributed by atoms with Gasteiger partial charge < -0.3 is 5.32 Å². The lowest BCUT2D eigenvalue weighted by molar-refractivity contribution is -0.0724. The third-order valence-electron chi connectivity index (χ3n) is 3.04. The summed E-state index contributed by atoms with van der Waals surface area (Å²) in [7, 11) is 0. The molecule has 88 valence electrons. The summed E-state index contributed by atoms with van der Waals surface area (Å²) in [6, 6.07) is 6.33. The minimum Gasteiger partial charge on any atom is -0.316 e. The van der Waals surface area contributed by atoms with Crippen molar-refractivity contribution >= 4 is 15.9 Å². The number of halogens is 3. The van der Waals surface area contributed by atoms with Crippen LogP contribution < -0.4 is 5.32 Å². The highest BCUT2D eigenvalue weighted by Gasteiger charge is 2.41. The van der Waals surface area contributed by atoms with Gasteiger partial charge in [0.25, 0.3) is 5.92 Å². The van der Waals surface area contributed by atoms with Crippen molar-refractivity contribution < 1.29 is 8.78 Å². The van der Waals surface area contributed by atoms with Gasteiger partial charge in [-0.3, -0.25) is 0 Å². The van der Waals surface area contributed by atoms with Crippen LogP contribution >= 0.6 is 15.9 Å². The number of hydrogen-bond acceptors (Lipinski definition) is 1. The highest BCUT2D eigenvalue weighted by atomic mass is 79.9. The van der Waals surface area contributed by atoms with Gasteiger partial charge in [-0.2, -0.15) is 0 Å². The van der Waals surface area contributed by atoms with Crippen LogP contribution in [0.15, 0.2) is 28.7 Å². The number of alkyl halides is 2. The molecule has 2 rings (SSSR count). The van der Waals surface area contributed by atoms with Crippen LogP contribution in [-0.2, 0) is 5.92 Å². The average molecular weight is 290 g/mol. The molecule has 1 atom stereocenters. The van der Waals surface area contributed by atoms with Crippen molar-refractivity contribution in [2.45, 2.75) is 18.8 Å². The molecular weight excluding hydrogens is 276 g/mol. The molecule has 1 heterocycles. The smallest absolute Gasteiger partial charge is 0.277 e. The molecule has 0 radical (unpaired) electrons. The van der Waals surface area contributed by atoms with E-state index in [-0.39, 0.29) is 5.56 Å². The third-order valence-corrected chi connectivity index (χ3v) is 3.57. The molecule has 4 heteroatoms. The number of rotatable bonds is 2. The molecule has 1 saturated heterocycles. The van der Waals surface area contributed by atoms with E-state index in [4.69, 9.17) is 0 Å². The Labute approximate surface area is 102 Å². The van der Waals surface area contributed by atoms with E-state index < -0.39 is 11.8 Å². The van der Waals surface area contributed by atoms with E-state index in [0.717, 1.165) is 17.4 Å². The predicted octanol–water partition coefficient (Wildman–Crippen LogP) is 3.54. The first-order valence-electron chi connectivity index (χ1n) is 5.45. The fraction of sp³-hybridized carbons (Fsp3) is 0.500. The van der Waals surface area contributed by atoms with E-state index in [0.29, 0.717) is 13.0 Å². The van der Waals surface area contributed by atoms with Gasteiger partial charge in [0, 0.05) is 22.5 Å². The molecule has 16 heavy (non-hydrogen) atoms. The number of benzene rings is 1. The lowest BCUT2D eigenvalue weighted by Crippen LogP contribution is -2.39. The van der Waals surface area contributed by atoms with Crippen molar-refractivity contribution in [2.75, 3.05) is 13.1 Å². The average Bonchev–Trinajstić information content (AvgIpc) is 2.31. The summed E-state index contributed by atoms with van der Waals surface area (Å²) in [6.45, 7) is 1.26. The van der Waals surface area contributed by atoms with Crippen molar-refractivity contribution in [1.29, 1.82) is 0 Å². The van der Waals surface area contributed by atoms with Gasteiger partial charge in [0.1, 0.15) is 0 Å². The second kappa shape index (κ2) is 4.80. The molecule has 1 fully saturated rings. The van der Waals surface area contributed by atoms with Gasteiger partial charge in [-0.15, -0.1) is 0 Å². The summed E-state index contributed by atoms with van der Waals surface area (Å²) in [5.41, 5.74) is 0.115. The second-order valence-corrected chi connectivity index (χ2v) is 5.09. The number of piperidine rings is 1. The molecule has 1 aromatic rings. The molecule has 0 spiro atoms. The Kier molecular flexibility index (Phi) is 3.60. The predicted molar refractivity (Wildman–Crippen MR) is 63.6 cm³/mol. The Morgan fingerprint density at radius 1 is 1.25 bits per heavy atom. The van der Waals surface area contributed by atoms with Crippen LogP contribution in [0.2, 0.25) is 0 Å². The van der Waals surface area contributed by atoms with Crippen LogP contribution in [0.1, 0.15) is 18.4 Å². The van der Waals surface area contributed by atoms with Gasteiger partial charge in [0.15, 0.2) is 0 Å². The number of hydrogen-bond donors (Lipinski definition) is 1. The van der Waals surface area contributed by atoms with Gasteiger partial charge in [0.05, 0.1) is 0 Å². The maximum Gasteiger partial charge on any atom is 0.277 e. The highest BCUT2D eigenvalue weighted by Crippen LogP contribution is 2.39. The Morgan fingerprint density at radius 3 is 2.50 bits per heavy atom. The maximum atomic E-state index is 14.1. The minimum atomic E-state index is -2.73. The first-order valence-corrected chi connectivity index (χ1v) is 6.24. The SMILES string of the molecule is FC(F)(c1ccc(Br)cc1)C1CCCNC1. The van der Waals surface area contributed by atoms with Gasteiger partial charge in [-0.25, -0.2) is 8.78 Å². The van der Waals surface area contributed by atoms with Crippen LogP contribution in [-0.4, -0.2) is 13.1 Å². The molecule has 1 aromatic carbocycles. The van der Waals surface area contributed by atoms with Crippen LogP contribution in [0.25, 0.3) is 0 Å². The Morgan fingerprint density at radius 2 is 1.94 bits per heavy atom. The van der Waals surface area contributed by atoms with E-state index in [2.05, 4.69) is 21.2 Å². The molecule has 1 N–H and O–H groups in total. The monoisotopic (exact) mass is 289 g/mol. The lowest BCUT2D eigenvalue weighted by Gasteiger charge is -2.30. The minimum absolute atomic E-state index is 0.115. The van der Waals surface area contributed by atoms with Crippen LogP contribution in [0.3, 0.4) is 0 Å². The fourth-order valence-corrected chi connectivity index (χ4v) is 2.33. The molecule has 1 aliphatic heterocycles. The van der Waals surface area contributed by atoms with Crippen molar-refractivity contribution in [3.63, 3.8) is 0 Å². The molecule has 0 amide bonds. The van der Waals surface area contributed by atoms with Gasteiger partial charge in [-0.1, -0.05) is 28.1 Å². The van der Waals surface area contributed by atoms with Crippen LogP contribution in [0.4, 0.5) is 8.78 Å². The van der Waals surface area contributed by atoms with Crippen LogP contribution in [0, 0.1) is 5.92 Å². The largest absolute Gasteiger partial charge is 0.316 e. The molecule has 0 saturated carbocycles. The Hall–Kier alpha value is -0.480. The van der Waals surface area contributed by atoms with Gasteiger partial charge in [-0.05, 0) is 31.5 Å². The molecule has 0 aromatic heterocycles. The third kappa shape index (κ3) is 2.43. The van der Waals surface area contributed by atoms with E-state index in [1.807, 2.05) is 0 Å². The Bertz CT molecular complexity index is 345. The second-order valence-electron chi connectivity index (χ2n) is 4.17. The number of nitrogens with one attached hydrogen (secondary N) is 1. The summed E-state index contributed by atoms with van der Waals surface area (Å²) in [6.07, 6.45) is 1.42. The summed E-state index contributed by atoms with van der Waals surface area (Å²) >= 11 is 3.25. The van der Waals surface area contributed by atoms with E-state index in [9.17, 15) is 8.78 Å². The zero-order valence-corrected chi connectivity index (χ0v) is 10.4. The molecular formula is C12H14BrF2N. The zero-order valence-electron chi connectivity index (χ0n) is 8.85. The Balaban J connectivity index is 2.19. The topological polar surface area (TPSA) is 12.0 Å². The highest BCUT2D eigenvalue weighted by molar-refractivity contribution is 9.10. The zero-order chi connectivity index (χ0) is 11.6. The van der Waals surface area contributed by atoms with E-state index >= 15 is 0 Å². The first-order chi connectivity index (χ1) is 7.60. The van der Waals surface area contributed by atoms with Gasteiger partial charge in [0.2, 0.25) is 0 Å². The van der Waals surface area contributed by atoms with Crippen molar-refractivity contribution in [2.24, 2.45) is 5.92 Å². The van der Waals surface area contributed by atoms with E-state index in [1.54, 1.807) is 12.1 Å². The van der Waals surface area contributed by atoms with Crippen LogP contribution in [0.5, 0.6) is 0 Å². The van der Waals surface area contributed by atoms with Crippen molar-refractivity contribution in [3.05, 3.63) is 34.3 Å². The first kappa shape index (κ1) is 12.0. The lowest BCUT2D eigenvalue weighted by atomic mass is 9.88. The van der Waals surface area contributed by atoms with Crippen molar-refractivity contribution in [1.82, 2.24) is 5.32 Å². The fourth-order valence-electron chi connectivity index (χ4n) is 2.07. The summed E-state index contributed by atoms with van der Waals surface area (Å²) in [5.74, 6) is -3.31. The standard InChI is InChI=1S/C12H14BrF2N/c13-11-5-3-9(4-6-11)12(14,15)10-2-1-7-16-8-10/h3-6,10,16H,1-2,7-8H2. The normalized spacial score (nSPS) is 22.1. The quantitative estimate of drug-likeness (QED) is 0.878. The molecule has 1 aliphatic rings. The summed E-state index contributed by atoms with van der Waals surface area (Å²) < 4.78 is 29.1.